The first kappa shape index (κ1) is 15.6. The van der Waals surface area contributed by atoms with Crippen LogP contribution in [-0.2, 0) is 18.7 Å². The number of halogens is 5. The third-order valence-corrected chi connectivity index (χ3v) is 3.08. The van der Waals surface area contributed by atoms with Gasteiger partial charge in [-0.15, -0.1) is 11.6 Å². The van der Waals surface area contributed by atoms with Gasteiger partial charge in [-0.05, 0) is 35.4 Å². The summed E-state index contributed by atoms with van der Waals surface area (Å²) < 4.78 is 55.9. The monoisotopic (exact) mass is 318 g/mol. The fourth-order valence-electron chi connectivity index (χ4n) is 1.74. The highest BCUT2D eigenvalue weighted by molar-refractivity contribution is 6.17. The normalized spacial score (nSPS) is 11.5. The highest BCUT2D eigenvalue weighted by atomic mass is 35.5. The van der Waals surface area contributed by atoms with Gasteiger partial charge in [0.1, 0.15) is 18.2 Å². The summed E-state index contributed by atoms with van der Waals surface area (Å²) in [6.07, 6.45) is -4.36. The molecule has 0 aliphatic rings. The number of rotatable bonds is 4. The van der Waals surface area contributed by atoms with Crippen LogP contribution >= 0.6 is 11.6 Å². The molecule has 0 amide bonds. The maximum Gasteiger partial charge on any atom is 0.416 e. The minimum Gasteiger partial charge on any atom is -0.489 e. The van der Waals surface area contributed by atoms with Crippen LogP contribution < -0.4 is 4.74 Å². The molecule has 0 spiro atoms. The van der Waals surface area contributed by atoms with Crippen molar-refractivity contribution in [3.8, 4) is 5.75 Å². The van der Waals surface area contributed by atoms with Crippen molar-refractivity contribution in [3.63, 3.8) is 0 Å². The van der Waals surface area contributed by atoms with Gasteiger partial charge >= 0.3 is 6.18 Å². The topological polar surface area (TPSA) is 9.23 Å². The molecule has 2 aromatic carbocycles. The maximum absolute atomic E-state index is 13.3. The van der Waals surface area contributed by atoms with Gasteiger partial charge in [0.2, 0.25) is 0 Å². The first-order valence-electron chi connectivity index (χ1n) is 6.03. The van der Waals surface area contributed by atoms with E-state index >= 15 is 0 Å². The Kier molecular flexibility index (Phi) is 4.73. The molecule has 1 nitrogen and oxygen atoms in total. The minimum atomic E-state index is -4.36. The Bertz CT molecular complexity index is 608. The van der Waals surface area contributed by atoms with E-state index in [0.717, 1.165) is 12.1 Å². The second-order valence-corrected chi connectivity index (χ2v) is 4.68. The molecular weight excluding hydrogens is 308 g/mol. The van der Waals surface area contributed by atoms with Gasteiger partial charge in [0.05, 0.1) is 5.56 Å². The molecule has 0 unspecified atom stereocenters. The van der Waals surface area contributed by atoms with E-state index in [4.69, 9.17) is 16.3 Å². The minimum absolute atomic E-state index is 0.0450. The zero-order chi connectivity index (χ0) is 15.5. The number of benzene rings is 2. The van der Waals surface area contributed by atoms with Gasteiger partial charge in [0.25, 0.3) is 0 Å². The van der Waals surface area contributed by atoms with Crippen LogP contribution in [0.1, 0.15) is 16.7 Å². The Morgan fingerprint density at radius 1 is 0.952 bits per heavy atom. The van der Waals surface area contributed by atoms with Crippen molar-refractivity contribution in [2.24, 2.45) is 0 Å². The van der Waals surface area contributed by atoms with Crippen molar-refractivity contribution in [2.45, 2.75) is 18.7 Å². The molecule has 0 fully saturated rings. The summed E-state index contributed by atoms with van der Waals surface area (Å²) in [6, 6.07) is 8.68. The summed E-state index contributed by atoms with van der Waals surface area (Å²) in [5.41, 5.74) is 0.403. The van der Waals surface area contributed by atoms with Gasteiger partial charge in [-0.1, -0.05) is 12.1 Å². The predicted octanol–water partition coefficient (Wildman–Crippen LogP) is 5.16. The van der Waals surface area contributed by atoms with Crippen LogP contribution in [0, 0.1) is 5.82 Å². The van der Waals surface area contributed by atoms with E-state index in [1.807, 2.05) is 0 Å². The zero-order valence-electron chi connectivity index (χ0n) is 10.8. The first-order chi connectivity index (χ1) is 9.88. The van der Waals surface area contributed by atoms with Crippen molar-refractivity contribution in [3.05, 3.63) is 65.0 Å². The Labute approximate surface area is 124 Å². The van der Waals surface area contributed by atoms with E-state index in [-0.39, 0.29) is 18.2 Å². The van der Waals surface area contributed by atoms with Crippen molar-refractivity contribution in [2.75, 3.05) is 0 Å². The molecule has 112 valence electrons. The SMILES string of the molecule is Fc1cc(CCl)cc(OCc2ccc(C(F)(F)F)cc2)c1. The van der Waals surface area contributed by atoms with E-state index in [0.29, 0.717) is 11.1 Å². The highest BCUT2D eigenvalue weighted by Crippen LogP contribution is 2.29. The highest BCUT2D eigenvalue weighted by Gasteiger charge is 2.29. The lowest BCUT2D eigenvalue weighted by molar-refractivity contribution is -0.137. The lowest BCUT2D eigenvalue weighted by Crippen LogP contribution is -2.05. The van der Waals surface area contributed by atoms with Gasteiger partial charge in [0.15, 0.2) is 0 Å². The Hall–Kier alpha value is -1.75. The quantitative estimate of drug-likeness (QED) is 0.558. The number of alkyl halides is 4. The van der Waals surface area contributed by atoms with Crippen molar-refractivity contribution >= 4 is 11.6 Å². The molecule has 2 rings (SSSR count). The molecule has 0 aliphatic carbocycles. The molecule has 0 aliphatic heterocycles. The molecule has 21 heavy (non-hydrogen) atoms. The molecule has 0 N–H and O–H groups in total. The average Bonchev–Trinajstić information content (AvgIpc) is 2.44. The predicted molar refractivity (Wildman–Crippen MR) is 71.7 cm³/mol. The zero-order valence-corrected chi connectivity index (χ0v) is 11.5. The third kappa shape index (κ3) is 4.36. The van der Waals surface area contributed by atoms with Crippen LogP contribution in [0.5, 0.6) is 5.75 Å². The molecule has 0 heterocycles. The summed E-state index contributed by atoms with van der Waals surface area (Å²) in [7, 11) is 0. The van der Waals surface area contributed by atoms with Crippen LogP contribution in [0.25, 0.3) is 0 Å². The molecule has 0 bridgehead atoms. The number of hydrogen-bond donors (Lipinski definition) is 0. The van der Waals surface area contributed by atoms with Crippen LogP contribution in [0.15, 0.2) is 42.5 Å². The Balaban J connectivity index is 2.05. The van der Waals surface area contributed by atoms with Crippen LogP contribution in [0.2, 0.25) is 0 Å². The summed E-state index contributed by atoms with van der Waals surface area (Å²) in [4.78, 5) is 0. The van der Waals surface area contributed by atoms with Crippen molar-refractivity contribution < 1.29 is 22.3 Å². The van der Waals surface area contributed by atoms with E-state index in [1.54, 1.807) is 6.07 Å². The lowest BCUT2D eigenvalue weighted by Gasteiger charge is -2.10. The van der Waals surface area contributed by atoms with Crippen LogP contribution in [0.4, 0.5) is 17.6 Å². The van der Waals surface area contributed by atoms with E-state index < -0.39 is 17.6 Å². The molecule has 0 radical (unpaired) electrons. The van der Waals surface area contributed by atoms with Crippen molar-refractivity contribution in [1.29, 1.82) is 0 Å². The van der Waals surface area contributed by atoms with E-state index in [2.05, 4.69) is 0 Å². The first-order valence-corrected chi connectivity index (χ1v) is 6.56. The van der Waals surface area contributed by atoms with E-state index in [9.17, 15) is 17.6 Å². The van der Waals surface area contributed by atoms with Gasteiger partial charge in [-0.25, -0.2) is 4.39 Å². The molecule has 0 atom stereocenters. The fraction of sp³-hybridized carbons (Fsp3) is 0.200. The smallest absolute Gasteiger partial charge is 0.416 e. The second-order valence-electron chi connectivity index (χ2n) is 4.41. The van der Waals surface area contributed by atoms with Gasteiger partial charge in [0, 0.05) is 11.9 Å². The van der Waals surface area contributed by atoms with Gasteiger partial charge in [-0.2, -0.15) is 13.2 Å². The molecule has 0 saturated carbocycles. The summed E-state index contributed by atoms with van der Waals surface area (Å²) >= 11 is 5.62. The van der Waals surface area contributed by atoms with Crippen LogP contribution in [0.3, 0.4) is 0 Å². The van der Waals surface area contributed by atoms with Gasteiger partial charge < -0.3 is 4.74 Å². The summed E-state index contributed by atoms with van der Waals surface area (Å²) in [5, 5.41) is 0. The average molecular weight is 319 g/mol. The number of hydrogen-bond acceptors (Lipinski definition) is 1. The molecule has 0 aromatic heterocycles. The molecular formula is C15H11ClF4O. The fourth-order valence-corrected chi connectivity index (χ4v) is 1.89. The molecule has 6 heteroatoms. The Morgan fingerprint density at radius 3 is 2.19 bits per heavy atom. The maximum atomic E-state index is 13.3. The third-order valence-electron chi connectivity index (χ3n) is 2.77. The molecule has 0 saturated heterocycles. The lowest BCUT2D eigenvalue weighted by atomic mass is 10.1. The Morgan fingerprint density at radius 2 is 1.62 bits per heavy atom. The second kappa shape index (κ2) is 6.35. The van der Waals surface area contributed by atoms with Gasteiger partial charge in [-0.3, -0.25) is 0 Å². The van der Waals surface area contributed by atoms with Crippen molar-refractivity contribution in [1.82, 2.24) is 0 Å². The van der Waals surface area contributed by atoms with E-state index in [1.165, 1.54) is 24.3 Å². The molecule has 2 aromatic rings. The number of ether oxygens (including phenoxy) is 1. The largest absolute Gasteiger partial charge is 0.489 e. The summed E-state index contributed by atoms with van der Waals surface area (Å²) in [5.74, 6) is -0.0462. The summed E-state index contributed by atoms with van der Waals surface area (Å²) in [6.45, 7) is 0.0450. The van der Waals surface area contributed by atoms with Crippen LogP contribution in [-0.4, -0.2) is 0 Å². The standard InChI is InChI=1S/C15H11ClF4O/c16-8-11-5-13(17)7-14(6-11)21-9-10-1-3-12(4-2-10)15(18,19)20/h1-7H,8-9H2.